The van der Waals surface area contributed by atoms with E-state index in [1.807, 2.05) is 0 Å². The Morgan fingerprint density at radius 3 is 2.53 bits per heavy atom. The standard InChI is InChI=1S/C21H20F3N5O3/c1-12(11-30)26-20-27-17(14-3-2-4-16(9-14)32-21(22,23)24)10-18(29-20)28-19(31)13-5-7-15(25)8-6-13/h2-10,12,30H,11,25H2,1H3,(H2,26,27,28,29,31)/t12-/m1/s1. The highest BCUT2D eigenvalue weighted by molar-refractivity contribution is 6.04. The SMILES string of the molecule is C[C@H](CO)Nc1nc(NC(=O)c2ccc(N)cc2)cc(-c2cccc(OC(F)(F)F)c2)n1. The van der Waals surface area contributed by atoms with Gasteiger partial charge in [-0.2, -0.15) is 4.98 Å². The first-order valence-corrected chi connectivity index (χ1v) is 9.42. The highest BCUT2D eigenvalue weighted by Crippen LogP contribution is 2.29. The number of halogens is 3. The molecule has 1 atom stereocenters. The molecule has 0 aliphatic heterocycles. The maximum atomic E-state index is 12.6. The van der Waals surface area contributed by atoms with Crippen molar-refractivity contribution in [3.8, 4) is 17.0 Å². The first-order chi connectivity index (χ1) is 15.1. The molecule has 0 spiro atoms. The van der Waals surface area contributed by atoms with Gasteiger partial charge in [-0.25, -0.2) is 4.98 Å². The van der Waals surface area contributed by atoms with E-state index in [9.17, 15) is 23.1 Å². The molecule has 0 unspecified atom stereocenters. The summed E-state index contributed by atoms with van der Waals surface area (Å²) >= 11 is 0. The third-order valence-electron chi connectivity index (χ3n) is 4.15. The summed E-state index contributed by atoms with van der Waals surface area (Å²) in [7, 11) is 0. The predicted molar refractivity (Wildman–Crippen MR) is 113 cm³/mol. The number of hydrogen-bond acceptors (Lipinski definition) is 7. The first kappa shape index (κ1) is 22.8. The lowest BCUT2D eigenvalue weighted by molar-refractivity contribution is -0.274. The fraction of sp³-hybridized carbons (Fsp3) is 0.190. The molecule has 0 aliphatic carbocycles. The molecular weight excluding hydrogens is 427 g/mol. The zero-order valence-electron chi connectivity index (χ0n) is 16.8. The van der Waals surface area contributed by atoms with Crippen molar-refractivity contribution in [1.29, 1.82) is 0 Å². The van der Waals surface area contributed by atoms with Crippen molar-refractivity contribution in [3.05, 3.63) is 60.2 Å². The van der Waals surface area contributed by atoms with E-state index in [4.69, 9.17) is 5.73 Å². The molecule has 2 aromatic carbocycles. The van der Waals surface area contributed by atoms with Crippen LogP contribution in [0.5, 0.6) is 5.75 Å². The van der Waals surface area contributed by atoms with Crippen molar-refractivity contribution in [2.75, 3.05) is 23.0 Å². The molecule has 0 saturated carbocycles. The lowest BCUT2D eigenvalue weighted by atomic mass is 10.1. The van der Waals surface area contributed by atoms with Crippen LogP contribution >= 0.6 is 0 Å². The number of aliphatic hydroxyl groups is 1. The van der Waals surface area contributed by atoms with Crippen LogP contribution in [0.4, 0.5) is 30.6 Å². The van der Waals surface area contributed by atoms with Crippen molar-refractivity contribution in [3.63, 3.8) is 0 Å². The Balaban J connectivity index is 1.95. The molecule has 32 heavy (non-hydrogen) atoms. The van der Waals surface area contributed by atoms with Crippen molar-refractivity contribution >= 4 is 23.4 Å². The van der Waals surface area contributed by atoms with Gasteiger partial charge < -0.3 is 26.2 Å². The molecular formula is C21H20F3N5O3. The van der Waals surface area contributed by atoms with E-state index in [2.05, 4.69) is 25.3 Å². The number of hydrogen-bond donors (Lipinski definition) is 4. The largest absolute Gasteiger partial charge is 0.573 e. The maximum Gasteiger partial charge on any atom is 0.573 e. The van der Waals surface area contributed by atoms with Gasteiger partial charge in [-0.3, -0.25) is 4.79 Å². The van der Waals surface area contributed by atoms with Crippen molar-refractivity contribution in [2.45, 2.75) is 19.3 Å². The van der Waals surface area contributed by atoms with Crippen LogP contribution in [0, 0.1) is 0 Å². The molecule has 0 aliphatic rings. The van der Waals surface area contributed by atoms with Crippen molar-refractivity contribution < 1.29 is 27.8 Å². The molecule has 1 aromatic heterocycles. The molecule has 3 rings (SSSR count). The highest BCUT2D eigenvalue weighted by Gasteiger charge is 2.31. The number of nitrogen functional groups attached to an aromatic ring is 1. The number of nitrogens with one attached hydrogen (secondary N) is 2. The molecule has 5 N–H and O–H groups in total. The van der Waals surface area contributed by atoms with Gasteiger partial charge in [-0.05, 0) is 43.3 Å². The van der Waals surface area contributed by atoms with Crippen LogP contribution in [0.2, 0.25) is 0 Å². The Morgan fingerprint density at radius 2 is 1.88 bits per heavy atom. The lowest BCUT2D eigenvalue weighted by Crippen LogP contribution is -2.22. The van der Waals surface area contributed by atoms with Gasteiger partial charge in [0.25, 0.3) is 5.91 Å². The number of amides is 1. The second-order valence-electron chi connectivity index (χ2n) is 6.84. The average molecular weight is 447 g/mol. The normalized spacial score (nSPS) is 12.2. The quantitative estimate of drug-likeness (QED) is 0.408. The van der Waals surface area contributed by atoms with Crippen LogP contribution in [0.3, 0.4) is 0 Å². The van der Waals surface area contributed by atoms with E-state index >= 15 is 0 Å². The van der Waals surface area contributed by atoms with Crippen LogP contribution in [-0.4, -0.2) is 40.0 Å². The van der Waals surface area contributed by atoms with Gasteiger partial charge in [-0.15, -0.1) is 13.2 Å². The lowest BCUT2D eigenvalue weighted by Gasteiger charge is -2.14. The zero-order chi connectivity index (χ0) is 23.3. The molecule has 0 saturated heterocycles. The summed E-state index contributed by atoms with van der Waals surface area (Å²) in [4.78, 5) is 21.0. The first-order valence-electron chi connectivity index (χ1n) is 9.42. The second-order valence-corrected chi connectivity index (χ2v) is 6.84. The highest BCUT2D eigenvalue weighted by atomic mass is 19.4. The third kappa shape index (κ3) is 6.32. The van der Waals surface area contributed by atoms with Gasteiger partial charge in [0, 0.05) is 28.9 Å². The average Bonchev–Trinajstić information content (AvgIpc) is 2.73. The number of aromatic nitrogens is 2. The number of anilines is 3. The Hall–Kier alpha value is -3.86. The Morgan fingerprint density at radius 1 is 1.16 bits per heavy atom. The number of carbonyl (C=O) groups is 1. The van der Waals surface area contributed by atoms with Crippen LogP contribution in [0.25, 0.3) is 11.3 Å². The third-order valence-corrected chi connectivity index (χ3v) is 4.15. The topological polar surface area (TPSA) is 122 Å². The summed E-state index contributed by atoms with van der Waals surface area (Å²) in [5.74, 6) is -0.713. The van der Waals surface area contributed by atoms with Crippen molar-refractivity contribution in [1.82, 2.24) is 9.97 Å². The number of nitrogens with zero attached hydrogens (tertiary/aromatic N) is 2. The van der Waals surface area contributed by atoms with E-state index in [1.54, 1.807) is 19.1 Å². The van der Waals surface area contributed by atoms with Gasteiger partial charge in [-0.1, -0.05) is 12.1 Å². The molecule has 0 fully saturated rings. The number of nitrogens with two attached hydrogens (primary N) is 1. The van der Waals surface area contributed by atoms with Crippen molar-refractivity contribution in [2.24, 2.45) is 0 Å². The number of alkyl halides is 3. The van der Waals surface area contributed by atoms with Gasteiger partial charge in [0.15, 0.2) is 0 Å². The summed E-state index contributed by atoms with van der Waals surface area (Å²) in [5.41, 5.74) is 6.99. The van der Waals surface area contributed by atoms with Gasteiger partial charge in [0.05, 0.1) is 12.3 Å². The number of benzene rings is 2. The molecule has 0 radical (unpaired) electrons. The minimum atomic E-state index is -4.84. The van der Waals surface area contributed by atoms with Crippen LogP contribution in [0.1, 0.15) is 17.3 Å². The minimum absolute atomic E-state index is 0.0683. The van der Waals surface area contributed by atoms with Gasteiger partial charge in [0.2, 0.25) is 5.95 Å². The predicted octanol–water partition coefficient (Wildman–Crippen LogP) is 3.67. The van der Waals surface area contributed by atoms with E-state index < -0.39 is 24.1 Å². The number of carbonyl (C=O) groups excluding carboxylic acids is 1. The summed E-state index contributed by atoms with van der Waals surface area (Å²) in [5, 5.41) is 14.8. The summed E-state index contributed by atoms with van der Waals surface area (Å²) in [6.45, 7) is 1.47. The van der Waals surface area contributed by atoms with E-state index in [-0.39, 0.29) is 24.1 Å². The van der Waals surface area contributed by atoms with E-state index in [0.29, 0.717) is 16.8 Å². The molecule has 3 aromatic rings. The van der Waals surface area contributed by atoms with E-state index in [1.165, 1.54) is 36.4 Å². The Bertz CT molecular complexity index is 1090. The summed E-state index contributed by atoms with van der Waals surface area (Å²) in [6, 6.07) is 12.5. The fourth-order valence-electron chi connectivity index (χ4n) is 2.67. The molecule has 0 bridgehead atoms. The minimum Gasteiger partial charge on any atom is -0.406 e. The summed E-state index contributed by atoms with van der Waals surface area (Å²) < 4.78 is 41.7. The molecule has 8 nitrogen and oxygen atoms in total. The second kappa shape index (κ2) is 9.52. The van der Waals surface area contributed by atoms with Crippen LogP contribution < -0.4 is 21.1 Å². The summed E-state index contributed by atoms with van der Waals surface area (Å²) in [6.07, 6.45) is -4.84. The van der Waals surface area contributed by atoms with Gasteiger partial charge in [0.1, 0.15) is 11.6 Å². The van der Waals surface area contributed by atoms with Gasteiger partial charge >= 0.3 is 6.36 Å². The smallest absolute Gasteiger partial charge is 0.406 e. The van der Waals surface area contributed by atoms with E-state index in [0.717, 1.165) is 6.07 Å². The fourth-order valence-corrected chi connectivity index (χ4v) is 2.67. The number of aliphatic hydroxyl groups excluding tert-OH is 1. The Labute approximate surface area is 181 Å². The number of ether oxygens (including phenoxy) is 1. The Kier molecular flexibility index (Phi) is 6.79. The molecule has 11 heteroatoms. The maximum absolute atomic E-state index is 12.6. The zero-order valence-corrected chi connectivity index (χ0v) is 16.8. The van der Waals surface area contributed by atoms with Crippen LogP contribution in [0.15, 0.2) is 54.6 Å². The van der Waals surface area contributed by atoms with Crippen LogP contribution in [-0.2, 0) is 0 Å². The molecule has 1 heterocycles. The number of rotatable bonds is 7. The monoisotopic (exact) mass is 447 g/mol. The molecule has 1 amide bonds. The molecule has 168 valence electrons.